The van der Waals surface area contributed by atoms with Crippen molar-refractivity contribution in [1.82, 2.24) is 15.5 Å². The fraction of sp³-hybridized carbons (Fsp3) is 0.467. The van der Waals surface area contributed by atoms with Gasteiger partial charge in [0, 0.05) is 24.1 Å². The zero-order valence-electron chi connectivity index (χ0n) is 12.4. The van der Waals surface area contributed by atoms with Gasteiger partial charge in [-0.05, 0) is 24.6 Å². The normalized spacial score (nSPS) is 12.9. The molecular weight excluding hydrogens is 276 g/mol. The van der Waals surface area contributed by atoms with E-state index in [-0.39, 0.29) is 17.4 Å². The van der Waals surface area contributed by atoms with Crippen molar-refractivity contribution in [1.29, 1.82) is 0 Å². The second-order valence-electron chi connectivity index (χ2n) is 5.28. The van der Waals surface area contributed by atoms with E-state index in [2.05, 4.69) is 29.3 Å². The minimum atomic E-state index is -0.663. The van der Waals surface area contributed by atoms with Crippen molar-refractivity contribution >= 4 is 0 Å². The fourth-order valence-electron chi connectivity index (χ4n) is 2.13. The maximum Gasteiger partial charge on any atom is 0.228 e. The summed E-state index contributed by atoms with van der Waals surface area (Å²) >= 11 is 0. The highest BCUT2D eigenvalue weighted by Crippen LogP contribution is 2.19. The average molecular weight is 295 g/mol. The summed E-state index contributed by atoms with van der Waals surface area (Å²) in [5.41, 5.74) is 0.270. The Morgan fingerprint density at radius 2 is 1.86 bits per heavy atom. The monoisotopic (exact) mass is 295 g/mol. The fourth-order valence-corrected chi connectivity index (χ4v) is 2.13. The third kappa shape index (κ3) is 4.07. The Morgan fingerprint density at radius 3 is 2.43 bits per heavy atom. The number of benzene rings is 1. The Morgan fingerprint density at radius 1 is 1.19 bits per heavy atom. The molecule has 0 amide bonds. The average Bonchev–Trinajstić information content (AvgIpc) is 2.85. The molecule has 0 saturated carbocycles. The van der Waals surface area contributed by atoms with Crippen LogP contribution < -0.4 is 5.32 Å². The second kappa shape index (κ2) is 6.76. The first-order chi connectivity index (χ1) is 9.99. The summed E-state index contributed by atoms with van der Waals surface area (Å²) in [6.07, 6.45) is 0.580. The highest BCUT2D eigenvalue weighted by atomic mass is 19.1. The number of likely N-dealkylation sites (N-methyl/N-ethyl adjacent to an activating group) is 1. The summed E-state index contributed by atoms with van der Waals surface area (Å²) in [5, 5.41) is 7.14. The molecule has 0 bridgehead atoms. The summed E-state index contributed by atoms with van der Waals surface area (Å²) in [6.45, 7) is 7.09. The maximum absolute atomic E-state index is 13.2. The summed E-state index contributed by atoms with van der Waals surface area (Å²) in [4.78, 5) is 4.22. The summed E-state index contributed by atoms with van der Waals surface area (Å²) in [5.74, 6) is -0.267. The van der Waals surface area contributed by atoms with Gasteiger partial charge in [0.2, 0.25) is 11.7 Å². The first-order valence-electron chi connectivity index (χ1n) is 7.02. The molecule has 0 fully saturated rings. The van der Waals surface area contributed by atoms with Gasteiger partial charge >= 0.3 is 0 Å². The quantitative estimate of drug-likeness (QED) is 0.889. The minimum absolute atomic E-state index is 0.197. The lowest BCUT2D eigenvalue weighted by atomic mass is 10.0. The van der Waals surface area contributed by atoms with Gasteiger partial charge in [-0.3, -0.25) is 0 Å². The van der Waals surface area contributed by atoms with E-state index in [0.717, 1.165) is 12.6 Å². The van der Waals surface area contributed by atoms with Gasteiger partial charge in [-0.15, -0.1) is 0 Å². The molecule has 21 heavy (non-hydrogen) atoms. The van der Waals surface area contributed by atoms with Crippen molar-refractivity contribution in [3.05, 3.63) is 35.7 Å². The predicted octanol–water partition coefficient (Wildman–Crippen LogP) is 3.19. The number of hydrogen-bond acceptors (Lipinski definition) is 4. The van der Waals surface area contributed by atoms with Crippen molar-refractivity contribution in [3.8, 4) is 11.4 Å². The molecule has 1 aromatic heterocycles. The van der Waals surface area contributed by atoms with Gasteiger partial charge < -0.3 is 9.84 Å². The molecule has 6 heteroatoms. The molecule has 0 aliphatic rings. The molecule has 1 N–H and O–H groups in total. The van der Waals surface area contributed by atoms with E-state index in [1.807, 2.05) is 6.92 Å². The number of nitrogens with one attached hydrogen (secondary N) is 1. The van der Waals surface area contributed by atoms with Gasteiger partial charge in [-0.1, -0.05) is 25.9 Å². The highest BCUT2D eigenvalue weighted by molar-refractivity contribution is 5.54. The van der Waals surface area contributed by atoms with Crippen LogP contribution in [0.25, 0.3) is 11.4 Å². The molecule has 0 aliphatic carbocycles. The first kappa shape index (κ1) is 15.6. The number of aromatic nitrogens is 2. The molecule has 0 aliphatic heterocycles. The topological polar surface area (TPSA) is 51.0 Å². The Hall–Kier alpha value is -1.82. The van der Waals surface area contributed by atoms with Crippen LogP contribution in [0.3, 0.4) is 0 Å². The third-order valence-corrected chi connectivity index (χ3v) is 3.25. The van der Waals surface area contributed by atoms with Crippen molar-refractivity contribution in [3.63, 3.8) is 0 Å². The molecule has 1 aromatic carbocycles. The van der Waals surface area contributed by atoms with Gasteiger partial charge in [0.25, 0.3) is 0 Å². The lowest BCUT2D eigenvalue weighted by molar-refractivity contribution is 0.329. The SMILES string of the molecule is CCNC(Cc1nc(-c2cc(F)cc(F)c2)no1)C(C)C. The molecule has 2 rings (SSSR count). The van der Waals surface area contributed by atoms with E-state index in [1.54, 1.807) is 0 Å². The van der Waals surface area contributed by atoms with Crippen LogP contribution in [0.4, 0.5) is 8.78 Å². The van der Waals surface area contributed by atoms with Crippen LogP contribution in [0, 0.1) is 17.6 Å². The van der Waals surface area contributed by atoms with Gasteiger partial charge in [-0.25, -0.2) is 8.78 Å². The Balaban J connectivity index is 2.17. The first-order valence-corrected chi connectivity index (χ1v) is 7.02. The number of halogens is 2. The largest absolute Gasteiger partial charge is 0.339 e. The molecule has 0 saturated heterocycles. The van der Waals surface area contributed by atoms with Crippen molar-refractivity contribution < 1.29 is 13.3 Å². The number of hydrogen-bond donors (Lipinski definition) is 1. The smallest absolute Gasteiger partial charge is 0.228 e. The van der Waals surface area contributed by atoms with Crippen LogP contribution in [0.5, 0.6) is 0 Å². The van der Waals surface area contributed by atoms with Gasteiger partial charge in [0.1, 0.15) is 11.6 Å². The van der Waals surface area contributed by atoms with E-state index in [9.17, 15) is 8.78 Å². The molecular formula is C15H19F2N3O. The van der Waals surface area contributed by atoms with E-state index in [0.29, 0.717) is 18.2 Å². The summed E-state index contributed by atoms with van der Waals surface area (Å²) in [7, 11) is 0. The molecule has 1 atom stereocenters. The van der Waals surface area contributed by atoms with Crippen LogP contribution in [0.15, 0.2) is 22.7 Å². The lowest BCUT2D eigenvalue weighted by Gasteiger charge is -2.19. The standard InChI is InChI=1S/C15H19F2N3O/c1-4-18-13(9(2)3)8-14-19-15(20-21-14)10-5-11(16)7-12(17)6-10/h5-7,9,13,18H,4,8H2,1-3H3. The van der Waals surface area contributed by atoms with E-state index in [1.165, 1.54) is 12.1 Å². The van der Waals surface area contributed by atoms with Crippen LogP contribution in [-0.2, 0) is 6.42 Å². The van der Waals surface area contributed by atoms with Crippen LogP contribution in [0.2, 0.25) is 0 Å². The zero-order valence-corrected chi connectivity index (χ0v) is 12.4. The third-order valence-electron chi connectivity index (χ3n) is 3.25. The molecule has 2 aromatic rings. The summed E-state index contributed by atoms with van der Waals surface area (Å²) in [6, 6.07) is 3.39. The Labute approximate surface area is 122 Å². The Bertz CT molecular complexity index is 578. The maximum atomic E-state index is 13.2. The van der Waals surface area contributed by atoms with Crippen LogP contribution in [-0.4, -0.2) is 22.7 Å². The van der Waals surface area contributed by atoms with Crippen molar-refractivity contribution in [2.45, 2.75) is 33.2 Å². The lowest BCUT2D eigenvalue weighted by Crippen LogP contribution is -2.35. The minimum Gasteiger partial charge on any atom is -0.339 e. The second-order valence-corrected chi connectivity index (χ2v) is 5.28. The van der Waals surface area contributed by atoms with Gasteiger partial charge in [0.05, 0.1) is 0 Å². The van der Waals surface area contributed by atoms with E-state index < -0.39 is 11.6 Å². The molecule has 1 unspecified atom stereocenters. The van der Waals surface area contributed by atoms with Crippen LogP contribution >= 0.6 is 0 Å². The zero-order chi connectivity index (χ0) is 15.4. The Kier molecular flexibility index (Phi) is 5.01. The molecule has 0 radical (unpaired) electrons. The van der Waals surface area contributed by atoms with Crippen molar-refractivity contribution in [2.75, 3.05) is 6.54 Å². The van der Waals surface area contributed by atoms with E-state index in [4.69, 9.17) is 4.52 Å². The van der Waals surface area contributed by atoms with Gasteiger partial charge in [-0.2, -0.15) is 4.98 Å². The van der Waals surface area contributed by atoms with Crippen molar-refractivity contribution in [2.24, 2.45) is 5.92 Å². The predicted molar refractivity (Wildman–Crippen MR) is 75.7 cm³/mol. The molecule has 114 valence electrons. The molecule has 1 heterocycles. The number of rotatable bonds is 6. The molecule has 4 nitrogen and oxygen atoms in total. The highest BCUT2D eigenvalue weighted by Gasteiger charge is 2.18. The number of nitrogens with zero attached hydrogens (tertiary/aromatic N) is 2. The van der Waals surface area contributed by atoms with E-state index >= 15 is 0 Å². The summed E-state index contributed by atoms with van der Waals surface area (Å²) < 4.78 is 31.6. The van der Waals surface area contributed by atoms with Gasteiger partial charge in [0.15, 0.2) is 0 Å². The molecule has 0 spiro atoms. The van der Waals surface area contributed by atoms with Crippen LogP contribution in [0.1, 0.15) is 26.7 Å².